The number of rotatable bonds is 4. The van der Waals surface area contributed by atoms with E-state index in [2.05, 4.69) is 22.2 Å². The Hall–Kier alpha value is -1.90. The van der Waals surface area contributed by atoms with Crippen molar-refractivity contribution in [3.8, 4) is 11.4 Å². The van der Waals surface area contributed by atoms with Crippen LogP contribution in [0.2, 0.25) is 0 Å². The Morgan fingerprint density at radius 1 is 1.10 bits per heavy atom. The number of benzene rings is 1. The summed E-state index contributed by atoms with van der Waals surface area (Å²) in [5.74, 6) is 1.67. The van der Waals surface area contributed by atoms with Crippen molar-refractivity contribution in [2.75, 3.05) is 5.32 Å². The van der Waals surface area contributed by atoms with E-state index in [4.69, 9.17) is 0 Å². The lowest BCUT2D eigenvalue weighted by atomic mass is 10.1. The minimum absolute atomic E-state index is 0.589. The molecule has 3 heteroatoms. The molecule has 0 saturated heterocycles. The molecule has 1 N–H and O–H groups in total. The lowest BCUT2D eigenvalue weighted by Gasteiger charge is -2.14. The maximum atomic E-state index is 4.46. The summed E-state index contributed by atoms with van der Waals surface area (Å²) in [6.07, 6.45) is 8.97. The van der Waals surface area contributed by atoms with E-state index in [0.717, 1.165) is 23.0 Å². The Bertz CT molecular complexity index is 536. The van der Waals surface area contributed by atoms with Gasteiger partial charge >= 0.3 is 0 Å². The first-order chi connectivity index (χ1) is 9.85. The molecule has 1 aliphatic rings. The van der Waals surface area contributed by atoms with Gasteiger partial charge in [0.25, 0.3) is 0 Å². The van der Waals surface area contributed by atoms with Crippen LogP contribution in [-0.2, 0) is 0 Å². The van der Waals surface area contributed by atoms with Crippen LogP contribution in [0.4, 0.5) is 5.69 Å². The Balaban J connectivity index is 1.65. The van der Waals surface area contributed by atoms with E-state index >= 15 is 0 Å². The number of nitrogens with one attached hydrogen (secondary N) is 1. The van der Waals surface area contributed by atoms with Crippen LogP contribution in [0, 0.1) is 5.92 Å². The Morgan fingerprint density at radius 2 is 1.85 bits per heavy atom. The van der Waals surface area contributed by atoms with Gasteiger partial charge in [0, 0.05) is 11.6 Å². The van der Waals surface area contributed by atoms with Crippen molar-refractivity contribution in [3.05, 3.63) is 42.7 Å². The molecule has 20 heavy (non-hydrogen) atoms. The zero-order chi connectivity index (χ0) is 13.8. The monoisotopic (exact) mass is 267 g/mol. The summed E-state index contributed by atoms with van der Waals surface area (Å²) in [5.41, 5.74) is 2.09. The summed E-state index contributed by atoms with van der Waals surface area (Å²) >= 11 is 0. The van der Waals surface area contributed by atoms with E-state index in [-0.39, 0.29) is 0 Å². The summed E-state index contributed by atoms with van der Waals surface area (Å²) in [4.78, 5) is 8.91. The van der Waals surface area contributed by atoms with E-state index in [1.54, 1.807) is 0 Å². The predicted molar refractivity (Wildman–Crippen MR) is 82.5 cm³/mol. The maximum absolute atomic E-state index is 4.46. The smallest absolute Gasteiger partial charge is 0.159 e. The summed E-state index contributed by atoms with van der Waals surface area (Å²) in [5, 5.41) is 3.56. The van der Waals surface area contributed by atoms with Crippen LogP contribution >= 0.6 is 0 Å². The minimum Gasteiger partial charge on any atom is -0.380 e. The molecule has 0 spiro atoms. The summed E-state index contributed by atoms with van der Waals surface area (Å²) in [6.45, 7) is 2.28. The van der Waals surface area contributed by atoms with Crippen LogP contribution in [0.25, 0.3) is 11.4 Å². The van der Waals surface area contributed by atoms with Gasteiger partial charge in [-0.1, -0.05) is 43.7 Å². The Morgan fingerprint density at radius 3 is 2.50 bits per heavy atom. The van der Waals surface area contributed by atoms with Crippen LogP contribution in [0.15, 0.2) is 42.7 Å². The molecule has 1 aromatic carbocycles. The zero-order valence-corrected chi connectivity index (χ0v) is 11.9. The fourth-order valence-electron chi connectivity index (χ4n) is 2.95. The Kier molecular flexibility index (Phi) is 3.95. The molecule has 0 aliphatic heterocycles. The van der Waals surface area contributed by atoms with Crippen molar-refractivity contribution >= 4 is 5.69 Å². The van der Waals surface area contributed by atoms with Crippen molar-refractivity contribution in [1.29, 1.82) is 0 Å². The highest BCUT2D eigenvalue weighted by Crippen LogP contribution is 2.30. The SMILES string of the molecule is CCC1CCC(Nc2cnc(-c3ccccc3)nc2)C1. The first-order valence-electron chi connectivity index (χ1n) is 7.49. The molecule has 0 amide bonds. The summed E-state index contributed by atoms with van der Waals surface area (Å²) in [6, 6.07) is 10.7. The van der Waals surface area contributed by atoms with Crippen molar-refractivity contribution in [1.82, 2.24) is 9.97 Å². The normalized spacial score (nSPS) is 21.9. The molecule has 1 saturated carbocycles. The Labute approximate surface area is 120 Å². The second-order valence-corrected chi connectivity index (χ2v) is 5.59. The van der Waals surface area contributed by atoms with Gasteiger partial charge in [0.15, 0.2) is 5.82 Å². The van der Waals surface area contributed by atoms with Crippen molar-refractivity contribution in [2.24, 2.45) is 5.92 Å². The van der Waals surface area contributed by atoms with E-state index in [0.29, 0.717) is 6.04 Å². The molecular weight excluding hydrogens is 246 g/mol. The van der Waals surface area contributed by atoms with Gasteiger partial charge in [0.05, 0.1) is 18.1 Å². The fraction of sp³-hybridized carbons (Fsp3) is 0.412. The molecule has 2 aromatic rings. The van der Waals surface area contributed by atoms with E-state index in [1.807, 2.05) is 42.7 Å². The van der Waals surface area contributed by atoms with Gasteiger partial charge in [-0.05, 0) is 25.2 Å². The van der Waals surface area contributed by atoms with Gasteiger partial charge in [0.2, 0.25) is 0 Å². The lowest BCUT2D eigenvalue weighted by Crippen LogP contribution is -2.15. The number of hydrogen-bond donors (Lipinski definition) is 1. The molecular formula is C17H21N3. The third-order valence-electron chi connectivity index (χ3n) is 4.17. The van der Waals surface area contributed by atoms with Gasteiger partial charge in [-0.2, -0.15) is 0 Å². The highest BCUT2D eigenvalue weighted by molar-refractivity contribution is 5.55. The number of anilines is 1. The molecule has 2 unspecified atom stereocenters. The highest BCUT2D eigenvalue weighted by atomic mass is 15.0. The number of hydrogen-bond acceptors (Lipinski definition) is 3. The maximum Gasteiger partial charge on any atom is 0.159 e. The van der Waals surface area contributed by atoms with Gasteiger partial charge < -0.3 is 5.32 Å². The molecule has 1 aliphatic carbocycles. The molecule has 3 nitrogen and oxygen atoms in total. The summed E-state index contributed by atoms with van der Waals surface area (Å²) < 4.78 is 0. The molecule has 1 heterocycles. The first-order valence-corrected chi connectivity index (χ1v) is 7.49. The van der Waals surface area contributed by atoms with Gasteiger partial charge in [-0.3, -0.25) is 0 Å². The molecule has 0 bridgehead atoms. The standard InChI is InChI=1S/C17H21N3/c1-2-13-8-9-15(10-13)20-16-11-18-17(19-12-16)14-6-4-3-5-7-14/h3-7,11-13,15,20H,2,8-10H2,1H3. The number of nitrogens with zero attached hydrogens (tertiary/aromatic N) is 2. The van der Waals surface area contributed by atoms with Crippen molar-refractivity contribution in [3.63, 3.8) is 0 Å². The molecule has 1 aromatic heterocycles. The van der Waals surface area contributed by atoms with Crippen molar-refractivity contribution < 1.29 is 0 Å². The topological polar surface area (TPSA) is 37.8 Å². The van der Waals surface area contributed by atoms with Crippen molar-refractivity contribution in [2.45, 2.75) is 38.6 Å². The zero-order valence-electron chi connectivity index (χ0n) is 11.9. The molecule has 1 fully saturated rings. The third kappa shape index (κ3) is 2.98. The quantitative estimate of drug-likeness (QED) is 0.905. The van der Waals surface area contributed by atoms with Crippen LogP contribution in [0.3, 0.4) is 0 Å². The second-order valence-electron chi connectivity index (χ2n) is 5.59. The van der Waals surface area contributed by atoms with E-state index < -0.39 is 0 Å². The van der Waals surface area contributed by atoms with Gasteiger partial charge in [-0.15, -0.1) is 0 Å². The second kappa shape index (κ2) is 6.04. The van der Waals surface area contributed by atoms with Crippen LogP contribution < -0.4 is 5.32 Å². The largest absolute Gasteiger partial charge is 0.380 e. The number of aromatic nitrogens is 2. The van der Waals surface area contributed by atoms with Gasteiger partial charge in [-0.25, -0.2) is 9.97 Å². The lowest BCUT2D eigenvalue weighted by molar-refractivity contribution is 0.525. The average molecular weight is 267 g/mol. The molecule has 0 radical (unpaired) electrons. The van der Waals surface area contributed by atoms with E-state index in [1.165, 1.54) is 25.7 Å². The minimum atomic E-state index is 0.589. The van der Waals surface area contributed by atoms with E-state index in [9.17, 15) is 0 Å². The van der Waals surface area contributed by atoms with Crippen LogP contribution in [-0.4, -0.2) is 16.0 Å². The summed E-state index contributed by atoms with van der Waals surface area (Å²) in [7, 11) is 0. The molecule has 2 atom stereocenters. The molecule has 104 valence electrons. The predicted octanol–water partition coefficient (Wildman–Crippen LogP) is 4.13. The third-order valence-corrected chi connectivity index (χ3v) is 4.17. The van der Waals surface area contributed by atoms with Gasteiger partial charge in [0.1, 0.15) is 0 Å². The highest BCUT2D eigenvalue weighted by Gasteiger charge is 2.23. The van der Waals surface area contributed by atoms with Crippen LogP contribution in [0.1, 0.15) is 32.6 Å². The first kappa shape index (κ1) is 13.1. The average Bonchev–Trinajstić information content (AvgIpc) is 2.97. The van der Waals surface area contributed by atoms with Crippen LogP contribution in [0.5, 0.6) is 0 Å². The fourth-order valence-corrected chi connectivity index (χ4v) is 2.95. The molecule has 3 rings (SSSR count).